The Morgan fingerprint density at radius 3 is 2.23 bits per heavy atom. The van der Waals surface area contributed by atoms with Crippen molar-refractivity contribution in [2.45, 2.75) is 38.5 Å². The third kappa shape index (κ3) is 4.08. The Labute approximate surface area is 154 Å². The molecular formula is C18H23N5O2S. The van der Waals surface area contributed by atoms with E-state index in [2.05, 4.69) is 20.5 Å². The number of nitrogens with zero attached hydrogens (tertiary/aromatic N) is 4. The zero-order chi connectivity index (χ0) is 18.7. The molecule has 138 valence electrons. The summed E-state index contributed by atoms with van der Waals surface area (Å²) < 4.78 is 26.7. The molecule has 7 nitrogen and oxygen atoms in total. The SMILES string of the molecule is C/C(=N/Nc1nc(C)cc(C)n1)c1ccc(S(=O)(=O)N2CCCC2)cc1. The molecule has 0 atom stereocenters. The third-order valence-electron chi connectivity index (χ3n) is 4.28. The van der Waals surface area contributed by atoms with Crippen LogP contribution in [-0.2, 0) is 10.0 Å². The topological polar surface area (TPSA) is 87.5 Å². The minimum atomic E-state index is -3.39. The van der Waals surface area contributed by atoms with Gasteiger partial charge in [-0.05, 0) is 57.4 Å². The highest BCUT2D eigenvalue weighted by Crippen LogP contribution is 2.21. The van der Waals surface area contributed by atoms with Gasteiger partial charge in [0.1, 0.15) is 0 Å². The summed E-state index contributed by atoms with van der Waals surface area (Å²) in [6.45, 7) is 6.85. The van der Waals surface area contributed by atoms with Gasteiger partial charge >= 0.3 is 0 Å². The van der Waals surface area contributed by atoms with Gasteiger partial charge in [-0.1, -0.05) is 12.1 Å². The molecule has 1 saturated heterocycles. The van der Waals surface area contributed by atoms with Crippen LogP contribution >= 0.6 is 0 Å². The van der Waals surface area contributed by atoms with Crippen LogP contribution in [0, 0.1) is 13.8 Å². The Morgan fingerprint density at radius 1 is 1.08 bits per heavy atom. The van der Waals surface area contributed by atoms with E-state index in [0.29, 0.717) is 23.9 Å². The molecule has 1 aliphatic rings. The highest BCUT2D eigenvalue weighted by molar-refractivity contribution is 7.89. The second-order valence-corrected chi connectivity index (χ2v) is 8.36. The molecule has 1 aliphatic heterocycles. The van der Waals surface area contributed by atoms with Crippen LogP contribution in [0.4, 0.5) is 5.95 Å². The lowest BCUT2D eigenvalue weighted by atomic mass is 10.1. The number of hydrogen-bond acceptors (Lipinski definition) is 6. The van der Waals surface area contributed by atoms with E-state index in [9.17, 15) is 8.42 Å². The van der Waals surface area contributed by atoms with Gasteiger partial charge < -0.3 is 0 Å². The number of hydrogen-bond donors (Lipinski definition) is 1. The highest BCUT2D eigenvalue weighted by Gasteiger charge is 2.26. The van der Waals surface area contributed by atoms with Crippen LogP contribution in [-0.4, -0.2) is 41.5 Å². The van der Waals surface area contributed by atoms with Crippen molar-refractivity contribution >= 4 is 21.7 Å². The van der Waals surface area contributed by atoms with Crippen LogP contribution in [0.5, 0.6) is 0 Å². The lowest BCUT2D eigenvalue weighted by Gasteiger charge is -2.15. The van der Waals surface area contributed by atoms with Crippen molar-refractivity contribution in [2.24, 2.45) is 5.10 Å². The number of aryl methyl sites for hydroxylation is 2. The molecule has 0 radical (unpaired) electrons. The van der Waals surface area contributed by atoms with Gasteiger partial charge in [-0.25, -0.2) is 23.8 Å². The smallest absolute Gasteiger partial charge is 0.243 e. The Morgan fingerprint density at radius 2 is 1.65 bits per heavy atom. The summed E-state index contributed by atoms with van der Waals surface area (Å²) >= 11 is 0. The lowest BCUT2D eigenvalue weighted by Crippen LogP contribution is -2.27. The number of sulfonamides is 1. The molecule has 0 amide bonds. The molecule has 1 fully saturated rings. The fraction of sp³-hybridized carbons (Fsp3) is 0.389. The Balaban J connectivity index is 1.75. The first kappa shape index (κ1) is 18.5. The molecule has 0 aliphatic carbocycles. The number of hydrazone groups is 1. The maximum Gasteiger partial charge on any atom is 0.243 e. The Kier molecular flexibility index (Phi) is 5.33. The quantitative estimate of drug-likeness (QED) is 0.643. The number of anilines is 1. The summed E-state index contributed by atoms with van der Waals surface area (Å²) in [5, 5.41) is 4.30. The zero-order valence-electron chi connectivity index (χ0n) is 15.2. The number of nitrogens with one attached hydrogen (secondary N) is 1. The van der Waals surface area contributed by atoms with Crippen LogP contribution in [0.15, 0.2) is 40.3 Å². The van der Waals surface area contributed by atoms with E-state index < -0.39 is 10.0 Å². The fourth-order valence-electron chi connectivity index (χ4n) is 2.92. The molecule has 0 unspecified atom stereocenters. The van der Waals surface area contributed by atoms with Gasteiger partial charge in [0.05, 0.1) is 10.6 Å². The predicted octanol–water partition coefficient (Wildman–Crippen LogP) is 2.71. The Bertz CT molecular complexity index is 897. The van der Waals surface area contributed by atoms with E-state index in [4.69, 9.17) is 0 Å². The van der Waals surface area contributed by atoms with Gasteiger partial charge in [-0.15, -0.1) is 0 Å². The van der Waals surface area contributed by atoms with Crippen LogP contribution in [0.1, 0.15) is 36.7 Å². The van der Waals surface area contributed by atoms with Crippen molar-refractivity contribution in [3.8, 4) is 0 Å². The molecule has 0 spiro atoms. The Hall–Kier alpha value is -2.32. The number of rotatable bonds is 5. The van der Waals surface area contributed by atoms with E-state index in [1.54, 1.807) is 28.6 Å². The van der Waals surface area contributed by atoms with E-state index >= 15 is 0 Å². The first-order valence-corrected chi connectivity index (χ1v) is 10.0. The molecule has 2 heterocycles. The molecule has 1 aromatic carbocycles. The van der Waals surface area contributed by atoms with Crippen LogP contribution in [0.25, 0.3) is 0 Å². The summed E-state index contributed by atoms with van der Waals surface area (Å²) in [4.78, 5) is 8.87. The number of aromatic nitrogens is 2. The zero-order valence-corrected chi connectivity index (χ0v) is 16.0. The molecule has 0 bridgehead atoms. The molecule has 3 rings (SSSR count). The predicted molar refractivity (Wildman–Crippen MR) is 102 cm³/mol. The van der Waals surface area contributed by atoms with Crippen molar-refractivity contribution in [3.63, 3.8) is 0 Å². The summed E-state index contributed by atoms with van der Waals surface area (Å²) in [5.41, 5.74) is 6.14. The summed E-state index contributed by atoms with van der Waals surface area (Å²) in [6.07, 6.45) is 1.85. The van der Waals surface area contributed by atoms with Gasteiger partial charge in [0.25, 0.3) is 0 Å². The standard InChI is InChI=1S/C18H23N5O2S/c1-13-12-14(2)20-18(19-13)22-21-15(3)16-6-8-17(9-7-16)26(24,25)23-10-4-5-11-23/h6-9,12H,4-5,10-11H2,1-3H3,(H,19,20,22)/b21-15-. The molecule has 0 saturated carbocycles. The molecule has 1 N–H and O–H groups in total. The van der Waals surface area contributed by atoms with Gasteiger partial charge in [-0.3, -0.25) is 0 Å². The fourth-order valence-corrected chi connectivity index (χ4v) is 4.44. The molecule has 1 aromatic heterocycles. The van der Waals surface area contributed by atoms with Crippen molar-refractivity contribution < 1.29 is 8.42 Å². The third-order valence-corrected chi connectivity index (χ3v) is 6.19. The second-order valence-electron chi connectivity index (χ2n) is 6.42. The summed E-state index contributed by atoms with van der Waals surface area (Å²) in [6, 6.07) is 8.70. The van der Waals surface area contributed by atoms with E-state index in [0.717, 1.165) is 35.5 Å². The molecule has 8 heteroatoms. The largest absolute Gasteiger partial charge is 0.245 e. The highest BCUT2D eigenvalue weighted by atomic mass is 32.2. The minimum Gasteiger partial charge on any atom is -0.245 e. The maximum atomic E-state index is 12.6. The van der Waals surface area contributed by atoms with Crippen molar-refractivity contribution in [3.05, 3.63) is 47.3 Å². The summed E-state index contributed by atoms with van der Waals surface area (Å²) in [7, 11) is -3.39. The van der Waals surface area contributed by atoms with Gasteiger partial charge in [0, 0.05) is 24.5 Å². The van der Waals surface area contributed by atoms with E-state index in [-0.39, 0.29) is 0 Å². The van der Waals surface area contributed by atoms with Crippen molar-refractivity contribution in [2.75, 3.05) is 18.5 Å². The van der Waals surface area contributed by atoms with Gasteiger partial charge in [0.15, 0.2) is 0 Å². The lowest BCUT2D eigenvalue weighted by molar-refractivity contribution is 0.477. The monoisotopic (exact) mass is 373 g/mol. The van der Waals surface area contributed by atoms with Gasteiger partial charge in [0.2, 0.25) is 16.0 Å². The van der Waals surface area contributed by atoms with Gasteiger partial charge in [-0.2, -0.15) is 9.41 Å². The normalized spacial score (nSPS) is 16.0. The maximum absolute atomic E-state index is 12.6. The van der Waals surface area contributed by atoms with E-state index in [1.165, 1.54) is 0 Å². The minimum absolute atomic E-state index is 0.321. The molecule has 2 aromatic rings. The van der Waals surface area contributed by atoms with Crippen LogP contribution < -0.4 is 5.43 Å². The number of benzene rings is 1. The van der Waals surface area contributed by atoms with Crippen LogP contribution in [0.3, 0.4) is 0 Å². The molecule has 26 heavy (non-hydrogen) atoms. The average molecular weight is 373 g/mol. The summed E-state index contributed by atoms with van der Waals surface area (Å²) in [5.74, 6) is 0.440. The van der Waals surface area contributed by atoms with Crippen LogP contribution in [0.2, 0.25) is 0 Å². The van der Waals surface area contributed by atoms with E-state index in [1.807, 2.05) is 26.8 Å². The first-order chi connectivity index (χ1) is 12.4. The molecular weight excluding hydrogens is 350 g/mol. The van der Waals surface area contributed by atoms with Crippen molar-refractivity contribution in [1.82, 2.24) is 14.3 Å². The first-order valence-electron chi connectivity index (χ1n) is 8.59. The van der Waals surface area contributed by atoms with Crippen molar-refractivity contribution in [1.29, 1.82) is 0 Å². The second kappa shape index (κ2) is 7.51. The average Bonchev–Trinajstić information content (AvgIpc) is 3.14.